The van der Waals surface area contributed by atoms with Crippen molar-refractivity contribution in [2.75, 3.05) is 38.5 Å². The molecule has 0 aliphatic carbocycles. The van der Waals surface area contributed by atoms with E-state index < -0.39 is 0 Å². The second-order valence-corrected chi connectivity index (χ2v) is 6.28. The van der Waals surface area contributed by atoms with Gasteiger partial charge >= 0.3 is 0 Å². The molecule has 82 valence electrons. The molecule has 2 rings (SSSR count). The van der Waals surface area contributed by atoms with E-state index >= 15 is 0 Å². The van der Waals surface area contributed by atoms with Crippen LogP contribution in [0.15, 0.2) is 0 Å². The molecule has 2 saturated heterocycles. The highest BCUT2D eigenvalue weighted by atomic mass is 32.2. The molecule has 3 unspecified atom stereocenters. The first-order chi connectivity index (χ1) is 6.75. The van der Waals surface area contributed by atoms with Gasteiger partial charge in [-0.1, -0.05) is 13.8 Å². The topological polar surface area (TPSA) is 15.3 Å². The zero-order valence-electron chi connectivity index (χ0n) is 9.33. The number of likely N-dealkylation sites (tertiary alicyclic amines) is 1. The van der Waals surface area contributed by atoms with Crippen LogP contribution in [-0.2, 0) is 0 Å². The minimum atomic E-state index is 0.834. The first-order valence-corrected chi connectivity index (χ1v) is 6.85. The Bertz CT molecular complexity index is 170. The summed E-state index contributed by atoms with van der Waals surface area (Å²) in [5.41, 5.74) is 0. The minimum absolute atomic E-state index is 0.834. The molecule has 0 bridgehead atoms. The zero-order chi connectivity index (χ0) is 9.97. The summed E-state index contributed by atoms with van der Waals surface area (Å²) in [4.78, 5) is 2.65. The van der Waals surface area contributed by atoms with Gasteiger partial charge in [-0.25, -0.2) is 0 Å². The molecule has 0 aromatic heterocycles. The molecule has 1 N–H and O–H groups in total. The van der Waals surface area contributed by atoms with Gasteiger partial charge in [0.2, 0.25) is 0 Å². The number of nitrogens with one attached hydrogen (secondary N) is 1. The Balaban J connectivity index is 1.74. The molecule has 2 aliphatic heterocycles. The highest BCUT2D eigenvalue weighted by Crippen LogP contribution is 2.24. The smallest absolute Gasteiger partial charge is 0.0300 e. The molecule has 2 heterocycles. The van der Waals surface area contributed by atoms with E-state index in [1.165, 1.54) is 38.5 Å². The van der Waals surface area contributed by atoms with Crippen molar-refractivity contribution in [3.63, 3.8) is 0 Å². The van der Waals surface area contributed by atoms with Crippen LogP contribution in [0.4, 0.5) is 0 Å². The van der Waals surface area contributed by atoms with Crippen molar-refractivity contribution < 1.29 is 0 Å². The summed E-state index contributed by atoms with van der Waals surface area (Å²) in [5.74, 6) is 3.09. The fourth-order valence-corrected chi connectivity index (χ4v) is 3.57. The largest absolute Gasteiger partial charge is 0.315 e. The fourth-order valence-electron chi connectivity index (χ4n) is 2.42. The molecule has 0 aromatic carbocycles. The van der Waals surface area contributed by atoms with Crippen LogP contribution in [0.3, 0.4) is 0 Å². The highest BCUT2D eigenvalue weighted by molar-refractivity contribution is 8.00. The molecular weight excluding hydrogens is 192 g/mol. The van der Waals surface area contributed by atoms with E-state index in [1.807, 2.05) is 0 Å². The molecule has 2 aliphatic rings. The van der Waals surface area contributed by atoms with Gasteiger partial charge in [0.1, 0.15) is 0 Å². The van der Waals surface area contributed by atoms with Gasteiger partial charge in [0.15, 0.2) is 0 Å². The second-order valence-electron chi connectivity index (χ2n) is 4.87. The van der Waals surface area contributed by atoms with Gasteiger partial charge < -0.3 is 10.2 Å². The number of hydrogen-bond acceptors (Lipinski definition) is 3. The lowest BCUT2D eigenvalue weighted by molar-refractivity contribution is 0.320. The quantitative estimate of drug-likeness (QED) is 0.745. The van der Waals surface area contributed by atoms with Gasteiger partial charge in [-0.2, -0.15) is 11.8 Å². The van der Waals surface area contributed by atoms with Crippen LogP contribution in [0.2, 0.25) is 0 Å². The van der Waals surface area contributed by atoms with Gasteiger partial charge in [-0.15, -0.1) is 0 Å². The predicted octanol–water partition coefficient (Wildman–Crippen LogP) is 1.28. The summed E-state index contributed by atoms with van der Waals surface area (Å²) in [6.45, 7) is 11.1. The lowest BCUT2D eigenvalue weighted by Crippen LogP contribution is -2.40. The zero-order valence-corrected chi connectivity index (χ0v) is 10.1. The van der Waals surface area contributed by atoms with Gasteiger partial charge in [-0.05, 0) is 11.8 Å². The normalized spacial score (nSPS) is 40.3. The van der Waals surface area contributed by atoms with Crippen LogP contribution in [0, 0.1) is 11.8 Å². The monoisotopic (exact) mass is 214 g/mol. The standard InChI is InChI=1S/C11H22N2S/c1-9-6-13(7-10(9)2)8-11-5-12-3-4-14-11/h9-12H,3-8H2,1-2H3. The van der Waals surface area contributed by atoms with Crippen LogP contribution in [0.1, 0.15) is 13.8 Å². The van der Waals surface area contributed by atoms with Gasteiger partial charge in [0, 0.05) is 43.7 Å². The number of thioether (sulfide) groups is 1. The maximum Gasteiger partial charge on any atom is 0.0300 e. The van der Waals surface area contributed by atoms with Crippen molar-refractivity contribution >= 4 is 11.8 Å². The summed E-state index contributed by atoms with van der Waals surface area (Å²) < 4.78 is 0. The molecule has 0 amide bonds. The third-order valence-electron chi connectivity index (χ3n) is 3.53. The Hall–Kier alpha value is 0.270. The molecule has 3 heteroatoms. The molecule has 2 fully saturated rings. The maximum absolute atomic E-state index is 3.48. The van der Waals surface area contributed by atoms with Gasteiger partial charge in [-0.3, -0.25) is 0 Å². The number of rotatable bonds is 2. The van der Waals surface area contributed by atoms with Crippen LogP contribution >= 0.6 is 11.8 Å². The van der Waals surface area contributed by atoms with Crippen LogP contribution in [-0.4, -0.2) is 48.6 Å². The van der Waals surface area contributed by atoms with Gasteiger partial charge in [0.05, 0.1) is 0 Å². The van der Waals surface area contributed by atoms with Gasteiger partial charge in [0.25, 0.3) is 0 Å². The Morgan fingerprint density at radius 3 is 2.57 bits per heavy atom. The van der Waals surface area contributed by atoms with Crippen molar-refractivity contribution in [1.29, 1.82) is 0 Å². The SMILES string of the molecule is CC1CN(CC2CNCCS2)CC1C. The summed E-state index contributed by atoms with van der Waals surface area (Å²) >= 11 is 2.15. The molecule has 0 aromatic rings. The number of nitrogens with zero attached hydrogens (tertiary/aromatic N) is 1. The Kier molecular flexibility index (Phi) is 3.74. The maximum atomic E-state index is 3.48. The molecule has 14 heavy (non-hydrogen) atoms. The summed E-state index contributed by atoms with van der Waals surface area (Å²) in [6, 6.07) is 0. The highest BCUT2D eigenvalue weighted by Gasteiger charge is 2.28. The third-order valence-corrected chi connectivity index (χ3v) is 4.76. The summed E-state index contributed by atoms with van der Waals surface area (Å²) in [7, 11) is 0. The third kappa shape index (κ3) is 2.65. The van der Waals surface area contributed by atoms with E-state index in [9.17, 15) is 0 Å². The number of hydrogen-bond donors (Lipinski definition) is 1. The van der Waals surface area contributed by atoms with E-state index in [2.05, 4.69) is 35.8 Å². The van der Waals surface area contributed by atoms with Crippen LogP contribution in [0.5, 0.6) is 0 Å². The van der Waals surface area contributed by atoms with E-state index in [0.29, 0.717) is 0 Å². The van der Waals surface area contributed by atoms with Crippen molar-refractivity contribution in [2.24, 2.45) is 11.8 Å². The summed E-state index contributed by atoms with van der Waals surface area (Å²) in [6.07, 6.45) is 0. The van der Waals surface area contributed by atoms with Crippen molar-refractivity contribution in [2.45, 2.75) is 19.1 Å². The van der Waals surface area contributed by atoms with E-state index in [1.54, 1.807) is 0 Å². The molecule has 2 nitrogen and oxygen atoms in total. The lowest BCUT2D eigenvalue weighted by atomic mass is 10.0. The van der Waals surface area contributed by atoms with Crippen LogP contribution in [0.25, 0.3) is 0 Å². The minimum Gasteiger partial charge on any atom is -0.315 e. The van der Waals surface area contributed by atoms with Crippen molar-refractivity contribution in [3.8, 4) is 0 Å². The molecule has 0 radical (unpaired) electrons. The van der Waals surface area contributed by atoms with Crippen molar-refractivity contribution in [3.05, 3.63) is 0 Å². The first kappa shape index (κ1) is 10.8. The second kappa shape index (κ2) is 4.86. The van der Waals surface area contributed by atoms with Crippen LogP contribution < -0.4 is 5.32 Å². The molecule has 0 saturated carbocycles. The average molecular weight is 214 g/mol. The van der Waals surface area contributed by atoms with E-state index in [-0.39, 0.29) is 0 Å². The molecule has 0 spiro atoms. The fraction of sp³-hybridized carbons (Fsp3) is 1.00. The van der Waals surface area contributed by atoms with E-state index in [4.69, 9.17) is 0 Å². The lowest BCUT2D eigenvalue weighted by Gasteiger charge is -2.27. The predicted molar refractivity (Wildman–Crippen MR) is 63.9 cm³/mol. The van der Waals surface area contributed by atoms with E-state index in [0.717, 1.165) is 17.1 Å². The average Bonchev–Trinajstić information content (AvgIpc) is 2.47. The summed E-state index contributed by atoms with van der Waals surface area (Å²) in [5, 5.41) is 4.32. The first-order valence-electron chi connectivity index (χ1n) is 5.80. The Morgan fingerprint density at radius 1 is 1.29 bits per heavy atom. The Labute approximate surface area is 91.8 Å². The molecular formula is C11H22N2S. The molecule has 3 atom stereocenters. The Morgan fingerprint density at radius 2 is 2.00 bits per heavy atom. The van der Waals surface area contributed by atoms with Crippen molar-refractivity contribution in [1.82, 2.24) is 10.2 Å².